The molecule has 6 rings (SSSR count). The molecule has 0 atom stereocenters. The Labute approximate surface area is 421 Å². The van der Waals surface area contributed by atoms with Crippen LogP contribution in [0.1, 0.15) is 7.25 Å². The number of benzene rings is 3. The molecule has 10 N–H and O–H groups in total. The molecule has 3 heterocycles. The number of rotatable bonds is 9. The number of nitrogens with zero attached hydrogens (tertiary/aromatic N) is 7. The van der Waals surface area contributed by atoms with E-state index in [0.29, 0.717) is 17.1 Å². The van der Waals surface area contributed by atoms with Crippen LogP contribution in [0.15, 0.2) is 143 Å². The van der Waals surface area contributed by atoms with Crippen molar-refractivity contribution in [2.45, 2.75) is 20.4 Å². The van der Waals surface area contributed by atoms with Crippen molar-refractivity contribution in [3.05, 3.63) is 144 Å². The largest absolute Gasteiger partial charge is 1.00 e. The van der Waals surface area contributed by atoms with Gasteiger partial charge in [-0.05, 0) is 91.0 Å². The number of nitrogens with one attached hydrogen (secondary N) is 2. The zero-order valence-corrected chi connectivity index (χ0v) is 40.6. The van der Waals surface area contributed by atoms with Gasteiger partial charge in [0, 0.05) is 99.0 Å². The summed E-state index contributed by atoms with van der Waals surface area (Å²) in [5, 5.41) is 13.6. The molecule has 0 spiro atoms. The minimum atomic E-state index is -3.66. The fourth-order valence-electron chi connectivity index (χ4n) is 3.69. The van der Waals surface area contributed by atoms with Crippen molar-refractivity contribution < 1.29 is 146 Å². The first-order valence-electron chi connectivity index (χ1n) is 14.9. The van der Waals surface area contributed by atoms with Crippen LogP contribution in [0.2, 0.25) is 0 Å². The Morgan fingerprint density at radius 2 is 0.800 bits per heavy atom. The van der Waals surface area contributed by atoms with Gasteiger partial charge >= 0.3 is 59.1 Å². The zero-order chi connectivity index (χ0) is 40.5. The number of nitrogen functional groups attached to an aromatic ring is 3. The molecule has 320 valence electrons. The Kier molecular flexibility index (Phi) is 30.0. The van der Waals surface area contributed by atoms with E-state index in [-0.39, 0.29) is 149 Å². The van der Waals surface area contributed by atoms with Crippen molar-refractivity contribution in [3.8, 4) is 0 Å². The Hall–Kier alpha value is -3.61. The van der Waals surface area contributed by atoms with Gasteiger partial charge < -0.3 is 29.3 Å². The summed E-state index contributed by atoms with van der Waals surface area (Å²) in [7, 11) is -10.7. The van der Waals surface area contributed by atoms with Crippen molar-refractivity contribution in [3.63, 3.8) is 0 Å². The van der Waals surface area contributed by atoms with Crippen LogP contribution in [-0.2, 0) is 80.4 Å². The zero-order valence-electron chi connectivity index (χ0n) is 32.2. The van der Waals surface area contributed by atoms with Crippen molar-refractivity contribution in [1.82, 2.24) is 29.9 Å². The number of nitrogens with two attached hydrogens (primary N) is 3. The van der Waals surface area contributed by atoms with E-state index in [1.165, 1.54) is 97.8 Å². The molecule has 0 aliphatic rings. The molecule has 0 aliphatic heterocycles. The van der Waals surface area contributed by atoms with E-state index in [1.54, 1.807) is 30.3 Å². The van der Waals surface area contributed by atoms with Gasteiger partial charge in [0.2, 0.25) is 11.9 Å². The van der Waals surface area contributed by atoms with Gasteiger partial charge in [-0.15, -0.1) is 10.1 Å². The van der Waals surface area contributed by atoms with Gasteiger partial charge in [0.05, 0.1) is 14.7 Å². The monoisotopic (exact) mass is 1090 g/mol. The van der Waals surface area contributed by atoms with Crippen LogP contribution < -0.4 is 85.8 Å². The van der Waals surface area contributed by atoms with Gasteiger partial charge in [0.15, 0.2) is 9.84 Å². The minimum Gasteiger partial charge on any atom is -1.00 e. The number of sulfone groups is 1. The van der Waals surface area contributed by atoms with Crippen LogP contribution >= 0.6 is 0 Å². The van der Waals surface area contributed by atoms with Gasteiger partial charge in [0.25, 0.3) is 25.1 Å². The molecule has 0 aliphatic carbocycles. The predicted molar refractivity (Wildman–Crippen MR) is 203 cm³/mol. The van der Waals surface area contributed by atoms with Crippen LogP contribution in [0.5, 0.6) is 0 Å². The summed E-state index contributed by atoms with van der Waals surface area (Å²) >= 11 is 0. The summed E-state index contributed by atoms with van der Waals surface area (Å²) in [4.78, 5) is 31.7. The molecule has 0 bridgehead atoms. The number of aromatic nitrogens is 6. The van der Waals surface area contributed by atoms with E-state index in [0.717, 1.165) is 0 Å². The summed E-state index contributed by atoms with van der Waals surface area (Å²) in [5.41, 5.74) is 18.0. The molecule has 0 unspecified atom stereocenters. The first-order chi connectivity index (χ1) is 26.0. The third kappa shape index (κ3) is 22.3. The van der Waals surface area contributed by atoms with E-state index in [4.69, 9.17) is 32.5 Å². The van der Waals surface area contributed by atoms with E-state index in [9.17, 15) is 25.3 Å². The number of sulfonamides is 2. The molecule has 29 heteroatoms. The van der Waals surface area contributed by atoms with Crippen LogP contribution in [0.3, 0.4) is 0 Å². The van der Waals surface area contributed by atoms with Crippen molar-refractivity contribution in [2.24, 2.45) is 0 Å². The maximum absolute atomic E-state index is 12.0. The number of anilines is 5. The normalized spacial score (nSPS) is 9.87. The van der Waals surface area contributed by atoms with E-state index >= 15 is 0 Å². The topological polar surface area (TPSA) is 375 Å². The van der Waals surface area contributed by atoms with E-state index in [2.05, 4.69) is 39.3 Å². The quantitative estimate of drug-likeness (QED) is 0.0352. The molecule has 0 amide bonds. The summed E-state index contributed by atoms with van der Waals surface area (Å²) in [6, 6.07) is 22.6. The molecule has 0 fully saturated rings. The summed E-state index contributed by atoms with van der Waals surface area (Å²) < 4.78 is 76.0. The van der Waals surface area contributed by atoms with Gasteiger partial charge in [-0.2, -0.15) is 0 Å². The molecule has 0 saturated heterocycles. The average molecular weight is 1090 g/mol. The summed E-state index contributed by atoms with van der Waals surface area (Å²) in [5.74, 6) is 0.135. The average Bonchev–Trinajstić information content (AvgIpc) is 3.13. The maximum atomic E-state index is 12.0. The van der Waals surface area contributed by atoms with E-state index in [1.807, 2.05) is 0 Å². The Morgan fingerprint density at radius 1 is 0.550 bits per heavy atom. The second-order valence-electron chi connectivity index (χ2n) is 10.2. The molecule has 2 radical (unpaired) electrons. The molecule has 3 aromatic carbocycles. The number of hydrogen-bond donors (Lipinski definition) is 6. The second kappa shape index (κ2) is 29.6. The third-order valence-electron chi connectivity index (χ3n) is 6.14. The van der Waals surface area contributed by atoms with E-state index < -0.39 is 35.0 Å². The van der Waals surface area contributed by atoms with Crippen LogP contribution in [-0.4, -0.2) is 70.9 Å². The SMILES string of the molecule is Nc1ccc(S(=O)(=O)Cc2ncccn2)cc1.Nc1ccc(S(=O)(=O)Nc2ncccn2)cc1.Nc1ccc(S(=O)(=O)Nc2ncccn2)cc1.O=[N+]([O-])O.[Ag].[Ag].[H-].[Na+].[Na+].[OH-]. The molecule has 3 aromatic heterocycles. The Bertz CT molecular complexity index is 2200. The first-order valence-corrected chi connectivity index (χ1v) is 19.6. The maximum Gasteiger partial charge on any atom is 1.00 e. The molecular formula is C31H34Ag2N12Na2O10S3. The number of hydrogen-bond acceptors (Lipinski definition) is 18. The predicted octanol–water partition coefficient (Wildman–Crippen LogP) is -3.66. The first kappa shape index (κ1) is 60.7. The van der Waals surface area contributed by atoms with Gasteiger partial charge in [-0.25, -0.2) is 64.6 Å². The van der Waals surface area contributed by atoms with Crippen molar-refractivity contribution in [2.75, 3.05) is 26.6 Å². The third-order valence-corrected chi connectivity index (χ3v) is 10.5. The van der Waals surface area contributed by atoms with Gasteiger partial charge in [0.1, 0.15) is 11.6 Å². The van der Waals surface area contributed by atoms with Gasteiger partial charge in [-0.1, -0.05) is 0 Å². The fourth-order valence-corrected chi connectivity index (χ4v) is 6.81. The summed E-state index contributed by atoms with van der Waals surface area (Å²) in [6.45, 7) is 0. The Morgan fingerprint density at radius 3 is 1.08 bits per heavy atom. The molecule has 22 nitrogen and oxygen atoms in total. The smallest absolute Gasteiger partial charge is 1.00 e. The minimum absolute atomic E-state index is 0. The second-order valence-corrected chi connectivity index (χ2v) is 15.6. The summed E-state index contributed by atoms with van der Waals surface area (Å²) in [6.07, 6.45) is 8.84. The molecule has 60 heavy (non-hydrogen) atoms. The molecular weight excluding hydrogens is 1060 g/mol. The van der Waals surface area contributed by atoms with Crippen LogP contribution in [0.25, 0.3) is 0 Å². The van der Waals surface area contributed by atoms with Crippen molar-refractivity contribution >= 4 is 58.8 Å². The molecule has 0 saturated carbocycles. The van der Waals surface area contributed by atoms with Crippen LogP contribution in [0.4, 0.5) is 29.0 Å². The van der Waals surface area contributed by atoms with Gasteiger partial charge in [-0.3, -0.25) is 0 Å². The Balaban J connectivity index is -0.000000365. The molecule has 6 aromatic rings. The fraction of sp³-hybridized carbons (Fsp3) is 0.0323. The van der Waals surface area contributed by atoms with Crippen molar-refractivity contribution in [1.29, 1.82) is 0 Å². The standard InChI is InChI=1S/C11H11N3O2S.2C10H10N4O2S.2Ag.HNO3.2Na.H2O.H/c12-9-2-4-10(5-3-9)17(15,16)8-11-13-6-1-7-14-11;2*11-8-2-4-9(5-3-8)17(15,16)14-10-12-6-1-7-13-10;;;2-1(3)4;;;;/h1-7H,8,12H2;2*1-7H,11H2,(H,12,13,14);;;(H,2,3,4);;;1H2;/q;;;;;;2*+1;;-1/p-1. The van der Waals surface area contributed by atoms with Crippen LogP contribution in [0, 0.1) is 10.1 Å².